The number of thiocarbonyl (C=S) groups is 1. The van der Waals surface area contributed by atoms with E-state index < -0.39 is 8.03 Å². The molecule has 14 heavy (non-hydrogen) atoms. The molecule has 1 aromatic carbocycles. The van der Waals surface area contributed by atoms with Gasteiger partial charge in [-0.2, -0.15) is 4.89 Å². The molecule has 1 rings (SSSR count). The van der Waals surface area contributed by atoms with Gasteiger partial charge in [-0.3, -0.25) is 0 Å². The second-order valence-electron chi connectivity index (χ2n) is 2.19. The van der Waals surface area contributed by atoms with Crippen LogP contribution in [0.3, 0.4) is 0 Å². The molecule has 0 aromatic heterocycles. The van der Waals surface area contributed by atoms with E-state index in [1.807, 2.05) is 6.07 Å². The lowest BCUT2D eigenvalue weighted by atomic mass is 10.2. The lowest BCUT2D eigenvalue weighted by Crippen LogP contribution is -1.74. The molecular weight excluding hydrogens is 217 g/mol. The minimum atomic E-state index is -2.28. The monoisotopic (exact) mass is 226 g/mol. The smallest absolute Gasteiger partial charge is 0.248 e. The van der Waals surface area contributed by atoms with E-state index >= 15 is 0 Å². The first-order valence-electron chi connectivity index (χ1n) is 3.57. The molecule has 0 spiro atoms. The van der Waals surface area contributed by atoms with Gasteiger partial charge in [0, 0.05) is 5.56 Å². The molecule has 0 aliphatic rings. The third-order valence-electron chi connectivity index (χ3n) is 1.34. The molecule has 0 radical (unpaired) electrons. The topological polar surface area (TPSA) is 61.1 Å². The fourth-order valence-electron chi connectivity index (χ4n) is 0.741. The van der Waals surface area contributed by atoms with Gasteiger partial charge in [0.15, 0.2) is 0 Å². The third kappa shape index (κ3) is 4.75. The van der Waals surface area contributed by atoms with Crippen LogP contribution in [0.25, 0.3) is 5.31 Å². The molecule has 0 aliphatic heterocycles. The van der Waals surface area contributed by atoms with Crippen LogP contribution in [0.15, 0.2) is 36.9 Å². The molecule has 0 amide bonds. The number of isothiocyanates is 1. The van der Waals surface area contributed by atoms with Crippen molar-refractivity contribution < 1.29 is 9.46 Å². The van der Waals surface area contributed by atoms with E-state index in [-0.39, 0.29) is 5.31 Å². The molecule has 5 heteroatoms. The van der Waals surface area contributed by atoms with Crippen molar-refractivity contribution in [2.45, 2.75) is 0 Å². The molecule has 1 atom stereocenters. The van der Waals surface area contributed by atoms with Gasteiger partial charge in [-0.05, 0) is 23.4 Å². The highest BCUT2D eigenvalue weighted by Gasteiger charge is 2.18. The van der Waals surface area contributed by atoms with Crippen LogP contribution in [0, 0.1) is 5.41 Å². The number of hydrogen-bond donors (Lipinski definition) is 2. The predicted octanol–water partition coefficient (Wildman–Crippen LogP) is 3.06. The average molecular weight is 226 g/mol. The Balaban J connectivity index is 0.000000500. The van der Waals surface area contributed by atoms with Gasteiger partial charge in [0.2, 0.25) is 5.31 Å². The maximum absolute atomic E-state index is 10.5. The van der Waals surface area contributed by atoms with Crippen LogP contribution in [0.2, 0.25) is 0 Å². The van der Waals surface area contributed by atoms with E-state index in [4.69, 9.17) is 10.3 Å². The SMILES string of the molecule is C=C(c1ccccc1)[P+](=O)O.N=C=S. The Morgan fingerprint density at radius 3 is 2.29 bits per heavy atom. The van der Waals surface area contributed by atoms with Crippen molar-refractivity contribution in [1.29, 1.82) is 5.41 Å². The largest absolute Gasteiger partial charge is 0.546 e. The van der Waals surface area contributed by atoms with Crippen molar-refractivity contribution in [2.75, 3.05) is 0 Å². The minimum Gasteiger partial charge on any atom is -0.248 e. The first-order chi connectivity index (χ1) is 6.63. The fraction of sp³-hybridized carbons (Fsp3) is 0. The molecule has 0 aliphatic carbocycles. The van der Waals surface area contributed by atoms with Crippen LogP contribution in [0.4, 0.5) is 0 Å². The van der Waals surface area contributed by atoms with E-state index in [1.54, 1.807) is 29.4 Å². The van der Waals surface area contributed by atoms with Crippen molar-refractivity contribution in [3.63, 3.8) is 0 Å². The van der Waals surface area contributed by atoms with Gasteiger partial charge in [-0.25, -0.2) is 5.41 Å². The second-order valence-corrected chi connectivity index (χ2v) is 3.48. The second kappa shape index (κ2) is 7.25. The highest BCUT2D eigenvalue weighted by molar-refractivity contribution is 7.78. The van der Waals surface area contributed by atoms with Crippen molar-refractivity contribution in [3.05, 3.63) is 42.5 Å². The normalized spacial score (nSPS) is 9.07. The number of benzene rings is 1. The molecule has 1 unspecified atom stereocenters. The van der Waals surface area contributed by atoms with Crippen LogP contribution in [0.5, 0.6) is 0 Å². The Hall–Kier alpha value is -1.18. The van der Waals surface area contributed by atoms with Crippen molar-refractivity contribution in [2.24, 2.45) is 0 Å². The van der Waals surface area contributed by atoms with Gasteiger partial charge in [-0.15, -0.1) is 0 Å². The standard InChI is InChI=1S/C8H7O2P.CHNS/c1-7(11(9)10)8-5-3-2-4-6-8;2-1-3/h2-6H,1H2;2H/p+1. The summed E-state index contributed by atoms with van der Waals surface area (Å²) < 4.78 is 10.5. The van der Waals surface area contributed by atoms with E-state index in [0.29, 0.717) is 0 Å². The molecule has 0 fully saturated rings. The average Bonchev–Trinajstić information content (AvgIpc) is 2.19. The fourth-order valence-corrected chi connectivity index (χ4v) is 1.11. The Morgan fingerprint density at radius 2 is 1.93 bits per heavy atom. The molecule has 0 saturated heterocycles. The Bertz CT molecular complexity index is 358. The van der Waals surface area contributed by atoms with Crippen LogP contribution in [-0.4, -0.2) is 10.1 Å². The predicted molar refractivity (Wildman–Crippen MR) is 60.6 cm³/mol. The highest BCUT2D eigenvalue weighted by Crippen LogP contribution is 2.33. The molecule has 1 aromatic rings. The van der Waals surface area contributed by atoms with E-state index in [9.17, 15) is 4.57 Å². The minimum absolute atomic E-state index is 0.278. The summed E-state index contributed by atoms with van der Waals surface area (Å²) in [6.07, 6.45) is 0. The number of rotatable bonds is 2. The van der Waals surface area contributed by atoms with Gasteiger partial charge in [0.1, 0.15) is 0 Å². The summed E-state index contributed by atoms with van der Waals surface area (Å²) in [4.78, 5) is 8.68. The molecule has 3 nitrogen and oxygen atoms in total. The summed E-state index contributed by atoms with van der Waals surface area (Å²) in [7, 11) is -2.28. The number of nitrogens with one attached hydrogen (secondary N) is 1. The molecule has 0 saturated carbocycles. The lowest BCUT2D eigenvalue weighted by Gasteiger charge is -1.88. The van der Waals surface area contributed by atoms with Crippen molar-refractivity contribution in [3.8, 4) is 0 Å². The van der Waals surface area contributed by atoms with E-state index in [0.717, 1.165) is 5.56 Å². The first-order valence-corrected chi connectivity index (χ1v) is 5.20. The van der Waals surface area contributed by atoms with Gasteiger partial charge in [0.05, 0.1) is 5.16 Å². The Morgan fingerprint density at radius 1 is 1.50 bits per heavy atom. The van der Waals surface area contributed by atoms with Crippen molar-refractivity contribution in [1.82, 2.24) is 0 Å². The summed E-state index contributed by atoms with van der Waals surface area (Å²) in [5.41, 5.74) is 0.719. The zero-order valence-corrected chi connectivity index (χ0v) is 9.02. The van der Waals surface area contributed by atoms with Gasteiger partial charge in [0.25, 0.3) is 0 Å². The van der Waals surface area contributed by atoms with Crippen molar-refractivity contribution >= 4 is 30.7 Å². The van der Waals surface area contributed by atoms with Crippen LogP contribution in [0.1, 0.15) is 5.56 Å². The highest BCUT2D eigenvalue weighted by atomic mass is 32.1. The molecule has 72 valence electrons. The maximum atomic E-state index is 10.5. The molecule has 2 N–H and O–H groups in total. The Kier molecular flexibility index (Phi) is 6.63. The summed E-state index contributed by atoms with van der Waals surface area (Å²) >= 11 is 3.81. The van der Waals surface area contributed by atoms with Crippen LogP contribution >= 0.6 is 20.2 Å². The first kappa shape index (κ1) is 12.8. The molecule has 0 bridgehead atoms. The zero-order valence-electron chi connectivity index (χ0n) is 7.30. The van der Waals surface area contributed by atoms with Gasteiger partial charge < -0.3 is 0 Å². The summed E-state index contributed by atoms with van der Waals surface area (Å²) in [6, 6.07) is 8.97. The summed E-state index contributed by atoms with van der Waals surface area (Å²) in [6.45, 7) is 3.49. The van der Waals surface area contributed by atoms with E-state index in [1.165, 1.54) is 0 Å². The third-order valence-corrected chi connectivity index (χ3v) is 2.06. The lowest BCUT2D eigenvalue weighted by molar-refractivity contribution is 0.514. The van der Waals surface area contributed by atoms with Crippen LogP contribution < -0.4 is 0 Å². The Labute approximate surface area is 88.5 Å². The van der Waals surface area contributed by atoms with E-state index in [2.05, 4.69) is 18.8 Å². The summed E-state index contributed by atoms with van der Waals surface area (Å²) in [5.74, 6) is 0. The number of hydrogen-bond acceptors (Lipinski definition) is 3. The maximum Gasteiger partial charge on any atom is 0.546 e. The molecule has 0 heterocycles. The molecular formula is C9H9NO2PS+. The van der Waals surface area contributed by atoms with Gasteiger partial charge in [-0.1, -0.05) is 30.3 Å². The zero-order chi connectivity index (χ0) is 11.0. The summed E-state index contributed by atoms with van der Waals surface area (Å²) in [5, 5.41) is 7.63. The van der Waals surface area contributed by atoms with Crippen LogP contribution in [-0.2, 0) is 4.57 Å². The quantitative estimate of drug-likeness (QED) is 0.463. The van der Waals surface area contributed by atoms with Gasteiger partial charge >= 0.3 is 8.03 Å².